The van der Waals surface area contributed by atoms with Gasteiger partial charge in [-0.1, -0.05) is 19.9 Å². The Morgan fingerprint density at radius 3 is 2.90 bits per heavy atom. The quantitative estimate of drug-likeness (QED) is 0.800. The van der Waals surface area contributed by atoms with Crippen LogP contribution >= 0.6 is 0 Å². The number of carbonyl (C=O) groups excluding carboxylic acids is 2. The molecule has 6 heteroatoms. The van der Waals surface area contributed by atoms with Crippen LogP contribution < -0.4 is 15.4 Å². The molecule has 6 nitrogen and oxygen atoms in total. The second kappa shape index (κ2) is 6.58. The minimum absolute atomic E-state index is 0.0440. The van der Waals surface area contributed by atoms with Gasteiger partial charge >= 0.3 is 5.97 Å². The number of methoxy groups -OCH3 is 1. The lowest BCUT2D eigenvalue weighted by Crippen LogP contribution is -2.41. The van der Waals surface area contributed by atoms with Crippen molar-refractivity contribution in [3.8, 4) is 5.75 Å². The highest BCUT2D eigenvalue weighted by Crippen LogP contribution is 2.28. The van der Waals surface area contributed by atoms with E-state index in [4.69, 9.17) is 9.47 Å². The molecule has 0 bridgehead atoms. The number of hydrogen-bond donors (Lipinski definition) is 2. The van der Waals surface area contributed by atoms with Gasteiger partial charge in [-0.25, -0.2) is 0 Å². The van der Waals surface area contributed by atoms with E-state index < -0.39 is 0 Å². The molecule has 0 radical (unpaired) electrons. The van der Waals surface area contributed by atoms with E-state index in [9.17, 15) is 9.59 Å². The summed E-state index contributed by atoms with van der Waals surface area (Å²) in [5.74, 6) is 0.340. The van der Waals surface area contributed by atoms with Gasteiger partial charge in [-0.3, -0.25) is 9.59 Å². The van der Waals surface area contributed by atoms with Crippen LogP contribution in [0.25, 0.3) is 0 Å². The average Bonchev–Trinajstić information content (AvgIpc) is 2.46. The summed E-state index contributed by atoms with van der Waals surface area (Å²) in [6.07, 6.45) is 0. The van der Waals surface area contributed by atoms with E-state index in [-0.39, 0.29) is 30.4 Å². The third-order valence-corrected chi connectivity index (χ3v) is 3.32. The van der Waals surface area contributed by atoms with Crippen LogP contribution in [0, 0.1) is 5.92 Å². The van der Waals surface area contributed by atoms with Crippen molar-refractivity contribution in [2.45, 2.75) is 26.4 Å². The van der Waals surface area contributed by atoms with Crippen molar-refractivity contribution in [3.05, 3.63) is 23.8 Å². The van der Waals surface area contributed by atoms with Gasteiger partial charge in [-0.2, -0.15) is 0 Å². The van der Waals surface area contributed by atoms with Crippen molar-refractivity contribution in [1.82, 2.24) is 5.32 Å². The Labute approximate surface area is 123 Å². The van der Waals surface area contributed by atoms with E-state index in [0.29, 0.717) is 18.0 Å². The van der Waals surface area contributed by atoms with Gasteiger partial charge in [0.2, 0.25) is 0 Å². The lowest BCUT2D eigenvalue weighted by atomic mass is 10.0. The van der Waals surface area contributed by atoms with Crippen molar-refractivity contribution in [2.24, 2.45) is 5.92 Å². The summed E-state index contributed by atoms with van der Waals surface area (Å²) in [7, 11) is 1.38. The van der Waals surface area contributed by atoms with Crippen LogP contribution in [0.5, 0.6) is 5.75 Å². The Hall–Kier alpha value is -2.08. The third-order valence-electron chi connectivity index (χ3n) is 3.32. The molecule has 1 atom stereocenters. The van der Waals surface area contributed by atoms with E-state index in [1.54, 1.807) is 0 Å². The minimum atomic E-state index is -0.364. The number of esters is 1. The van der Waals surface area contributed by atoms with E-state index in [1.165, 1.54) is 7.11 Å². The standard InChI is InChI=1S/C15H20N2O4/c1-9(2)14(15(19)20-3)16-7-10-4-5-12-11(6-10)17-13(18)8-21-12/h4-6,9,14,16H,7-8H2,1-3H3,(H,17,18)/t14-/m0/s1. The van der Waals surface area contributed by atoms with Gasteiger partial charge < -0.3 is 20.1 Å². The Balaban J connectivity index is 2.04. The van der Waals surface area contributed by atoms with E-state index in [2.05, 4.69) is 10.6 Å². The van der Waals surface area contributed by atoms with Crippen LogP contribution in [0.2, 0.25) is 0 Å². The number of hydrogen-bond acceptors (Lipinski definition) is 5. The highest BCUT2D eigenvalue weighted by atomic mass is 16.5. The van der Waals surface area contributed by atoms with Crippen LogP contribution in [0.4, 0.5) is 5.69 Å². The molecule has 0 aliphatic carbocycles. The van der Waals surface area contributed by atoms with Gasteiger partial charge in [0.05, 0.1) is 12.8 Å². The number of anilines is 1. The Morgan fingerprint density at radius 1 is 1.48 bits per heavy atom. The molecule has 2 N–H and O–H groups in total. The zero-order chi connectivity index (χ0) is 15.4. The molecule has 0 saturated heterocycles. The molecule has 1 aliphatic rings. The van der Waals surface area contributed by atoms with Crippen LogP contribution in [-0.4, -0.2) is 31.6 Å². The molecule has 1 aliphatic heterocycles. The van der Waals surface area contributed by atoms with Crippen LogP contribution in [-0.2, 0) is 20.9 Å². The SMILES string of the molecule is COC(=O)[C@@H](NCc1ccc2c(c1)NC(=O)CO2)C(C)C. The molecular formula is C15H20N2O4. The molecule has 0 fully saturated rings. The molecule has 0 saturated carbocycles. The summed E-state index contributed by atoms with van der Waals surface area (Å²) < 4.78 is 10.1. The first-order valence-electron chi connectivity index (χ1n) is 6.88. The van der Waals surface area contributed by atoms with Crippen LogP contribution in [0.1, 0.15) is 19.4 Å². The van der Waals surface area contributed by atoms with Gasteiger partial charge in [0.1, 0.15) is 11.8 Å². The maximum atomic E-state index is 11.7. The first-order chi connectivity index (χ1) is 10.0. The van der Waals surface area contributed by atoms with Crippen LogP contribution in [0.15, 0.2) is 18.2 Å². The number of ether oxygens (including phenoxy) is 2. The van der Waals surface area contributed by atoms with Gasteiger partial charge in [0, 0.05) is 6.54 Å². The fourth-order valence-electron chi connectivity index (χ4n) is 2.19. The van der Waals surface area contributed by atoms with E-state index in [0.717, 1.165) is 5.56 Å². The molecule has 21 heavy (non-hydrogen) atoms. The molecular weight excluding hydrogens is 272 g/mol. The maximum Gasteiger partial charge on any atom is 0.323 e. The second-order valence-electron chi connectivity index (χ2n) is 5.29. The summed E-state index contributed by atoms with van der Waals surface area (Å²) in [6.45, 7) is 4.45. The average molecular weight is 292 g/mol. The molecule has 1 amide bonds. The fraction of sp³-hybridized carbons (Fsp3) is 0.467. The van der Waals surface area contributed by atoms with Gasteiger partial charge in [-0.15, -0.1) is 0 Å². The Morgan fingerprint density at radius 2 is 2.24 bits per heavy atom. The highest BCUT2D eigenvalue weighted by molar-refractivity contribution is 5.95. The zero-order valence-electron chi connectivity index (χ0n) is 12.4. The Bertz CT molecular complexity index is 542. The Kier molecular flexibility index (Phi) is 4.80. The normalized spacial score (nSPS) is 15.0. The number of amides is 1. The monoisotopic (exact) mass is 292 g/mol. The summed E-state index contributed by atoms with van der Waals surface area (Å²) in [6, 6.07) is 5.19. The van der Waals surface area contributed by atoms with Crippen LogP contribution in [0.3, 0.4) is 0 Å². The lowest BCUT2D eigenvalue weighted by Gasteiger charge is -2.21. The second-order valence-corrected chi connectivity index (χ2v) is 5.29. The summed E-state index contributed by atoms with van der Waals surface area (Å²) in [5, 5.41) is 5.94. The van der Waals surface area contributed by atoms with Crippen molar-refractivity contribution in [1.29, 1.82) is 0 Å². The predicted octanol–water partition coefficient (Wildman–Crippen LogP) is 1.30. The topological polar surface area (TPSA) is 76.7 Å². The predicted molar refractivity (Wildman–Crippen MR) is 78.0 cm³/mol. The number of carbonyl (C=O) groups is 2. The maximum absolute atomic E-state index is 11.7. The van der Waals surface area contributed by atoms with Crippen molar-refractivity contribution < 1.29 is 19.1 Å². The molecule has 114 valence electrons. The molecule has 1 aromatic rings. The molecule has 1 aromatic carbocycles. The van der Waals surface area contributed by atoms with Crippen molar-refractivity contribution in [2.75, 3.05) is 19.0 Å². The number of rotatable bonds is 5. The molecule has 2 rings (SSSR count). The zero-order valence-corrected chi connectivity index (χ0v) is 12.4. The smallest absolute Gasteiger partial charge is 0.323 e. The molecule has 0 spiro atoms. The summed E-state index contributed by atoms with van der Waals surface area (Å²) >= 11 is 0. The van der Waals surface area contributed by atoms with Crippen molar-refractivity contribution >= 4 is 17.6 Å². The molecule has 0 unspecified atom stereocenters. The first kappa shape index (κ1) is 15.3. The van der Waals surface area contributed by atoms with Crippen molar-refractivity contribution in [3.63, 3.8) is 0 Å². The number of fused-ring (bicyclic) bond motifs is 1. The first-order valence-corrected chi connectivity index (χ1v) is 6.88. The molecule has 1 heterocycles. The number of nitrogens with one attached hydrogen (secondary N) is 2. The number of benzene rings is 1. The van der Waals surface area contributed by atoms with E-state index >= 15 is 0 Å². The lowest BCUT2D eigenvalue weighted by molar-refractivity contribution is -0.144. The van der Waals surface area contributed by atoms with E-state index in [1.807, 2.05) is 32.0 Å². The highest BCUT2D eigenvalue weighted by Gasteiger charge is 2.22. The summed E-state index contributed by atoms with van der Waals surface area (Å²) in [5.41, 5.74) is 1.61. The third kappa shape index (κ3) is 3.72. The largest absolute Gasteiger partial charge is 0.482 e. The summed E-state index contributed by atoms with van der Waals surface area (Å²) in [4.78, 5) is 23.0. The minimum Gasteiger partial charge on any atom is -0.482 e. The fourth-order valence-corrected chi connectivity index (χ4v) is 2.19. The molecule has 0 aromatic heterocycles. The van der Waals surface area contributed by atoms with Gasteiger partial charge in [0.15, 0.2) is 6.61 Å². The van der Waals surface area contributed by atoms with Gasteiger partial charge in [0.25, 0.3) is 5.91 Å². The van der Waals surface area contributed by atoms with Gasteiger partial charge in [-0.05, 0) is 23.6 Å².